The molecular formula is C25H34N2O2S. The number of carbonyl (C=O) groups is 2. The van der Waals surface area contributed by atoms with Crippen LogP contribution in [-0.2, 0) is 21.9 Å². The van der Waals surface area contributed by atoms with E-state index in [0.29, 0.717) is 18.8 Å². The van der Waals surface area contributed by atoms with Gasteiger partial charge in [0.15, 0.2) is 0 Å². The molecule has 1 N–H and O–H groups in total. The summed E-state index contributed by atoms with van der Waals surface area (Å²) in [5, 5.41) is 2.96. The van der Waals surface area contributed by atoms with Crippen LogP contribution in [0, 0.1) is 13.8 Å². The Kier molecular flexibility index (Phi) is 9.95. The van der Waals surface area contributed by atoms with Gasteiger partial charge in [-0.1, -0.05) is 73.0 Å². The summed E-state index contributed by atoms with van der Waals surface area (Å²) in [6.07, 6.45) is 1.97. The van der Waals surface area contributed by atoms with E-state index in [9.17, 15) is 9.59 Å². The molecular weight excluding hydrogens is 392 g/mol. The van der Waals surface area contributed by atoms with Crippen molar-refractivity contribution >= 4 is 23.6 Å². The first-order chi connectivity index (χ1) is 14.4. The van der Waals surface area contributed by atoms with Crippen LogP contribution in [0.3, 0.4) is 0 Å². The fourth-order valence-electron chi connectivity index (χ4n) is 3.15. The quantitative estimate of drug-likeness (QED) is 0.522. The second kappa shape index (κ2) is 12.4. The summed E-state index contributed by atoms with van der Waals surface area (Å²) in [4.78, 5) is 27.4. The van der Waals surface area contributed by atoms with E-state index >= 15 is 0 Å². The second-order valence-corrected chi connectivity index (χ2v) is 8.80. The summed E-state index contributed by atoms with van der Waals surface area (Å²) in [6, 6.07) is 16.0. The predicted octanol–water partition coefficient (Wildman–Crippen LogP) is 4.87. The van der Waals surface area contributed by atoms with Crippen molar-refractivity contribution in [2.24, 2.45) is 0 Å². The van der Waals surface area contributed by atoms with Crippen molar-refractivity contribution < 1.29 is 9.59 Å². The molecule has 4 nitrogen and oxygen atoms in total. The summed E-state index contributed by atoms with van der Waals surface area (Å²) < 4.78 is 0. The molecule has 2 aromatic rings. The molecule has 0 fully saturated rings. The third-order valence-electron chi connectivity index (χ3n) is 5.05. The third kappa shape index (κ3) is 7.86. The number of unbranched alkanes of at least 4 members (excludes halogenated alkanes) is 1. The molecule has 0 spiro atoms. The number of hydrogen-bond acceptors (Lipinski definition) is 3. The van der Waals surface area contributed by atoms with Crippen LogP contribution in [0.15, 0.2) is 48.5 Å². The van der Waals surface area contributed by atoms with E-state index in [1.807, 2.05) is 32.0 Å². The monoisotopic (exact) mass is 426 g/mol. The highest BCUT2D eigenvalue weighted by Gasteiger charge is 2.25. The number of rotatable bonds is 11. The SMILES string of the molecule is CCCCNC(=O)C(C)N(Cc1cccc(C)c1)C(=O)CSCc1ccc(C)cc1. The molecule has 0 radical (unpaired) electrons. The number of amides is 2. The van der Waals surface area contributed by atoms with Gasteiger partial charge < -0.3 is 10.2 Å². The molecule has 0 saturated carbocycles. The van der Waals surface area contributed by atoms with Crippen molar-refractivity contribution in [3.63, 3.8) is 0 Å². The van der Waals surface area contributed by atoms with Crippen molar-refractivity contribution in [1.29, 1.82) is 0 Å². The summed E-state index contributed by atoms with van der Waals surface area (Å²) in [5.74, 6) is 1.04. The van der Waals surface area contributed by atoms with Crippen molar-refractivity contribution in [3.8, 4) is 0 Å². The first-order valence-corrected chi connectivity index (χ1v) is 11.8. The van der Waals surface area contributed by atoms with Crippen LogP contribution in [0.2, 0.25) is 0 Å². The van der Waals surface area contributed by atoms with E-state index in [1.165, 1.54) is 11.1 Å². The fraction of sp³-hybridized carbons (Fsp3) is 0.440. The molecule has 0 aliphatic carbocycles. The Hall–Kier alpha value is -2.27. The highest BCUT2D eigenvalue weighted by atomic mass is 32.2. The molecule has 2 rings (SSSR count). The molecule has 0 aromatic heterocycles. The Morgan fingerprint density at radius 1 is 1.03 bits per heavy atom. The lowest BCUT2D eigenvalue weighted by molar-refractivity contribution is -0.138. The molecule has 0 bridgehead atoms. The molecule has 30 heavy (non-hydrogen) atoms. The fourth-order valence-corrected chi connectivity index (χ4v) is 4.02. The highest BCUT2D eigenvalue weighted by Crippen LogP contribution is 2.17. The van der Waals surface area contributed by atoms with E-state index in [-0.39, 0.29) is 11.8 Å². The van der Waals surface area contributed by atoms with Crippen molar-refractivity contribution in [2.75, 3.05) is 12.3 Å². The van der Waals surface area contributed by atoms with Crippen molar-refractivity contribution in [1.82, 2.24) is 10.2 Å². The lowest BCUT2D eigenvalue weighted by atomic mass is 10.1. The normalized spacial score (nSPS) is 11.7. The summed E-state index contributed by atoms with van der Waals surface area (Å²) >= 11 is 1.59. The zero-order valence-corrected chi connectivity index (χ0v) is 19.4. The standard InChI is InChI=1S/C25H34N2O2S/c1-5-6-14-26-25(29)21(4)27(16-23-9-7-8-20(3)15-23)24(28)18-30-17-22-12-10-19(2)11-13-22/h7-13,15,21H,5-6,14,16-18H2,1-4H3,(H,26,29). The maximum atomic E-state index is 13.1. The van der Waals surface area contributed by atoms with Gasteiger partial charge in [0, 0.05) is 18.8 Å². The van der Waals surface area contributed by atoms with Gasteiger partial charge in [-0.25, -0.2) is 0 Å². The van der Waals surface area contributed by atoms with Crippen molar-refractivity contribution in [2.45, 2.75) is 58.9 Å². The molecule has 1 unspecified atom stereocenters. The summed E-state index contributed by atoms with van der Waals surface area (Å²) in [5.41, 5.74) is 4.62. The van der Waals surface area contributed by atoms with Crippen LogP contribution < -0.4 is 5.32 Å². The first-order valence-electron chi connectivity index (χ1n) is 10.7. The summed E-state index contributed by atoms with van der Waals surface area (Å²) in [6.45, 7) is 9.10. The Morgan fingerprint density at radius 2 is 1.77 bits per heavy atom. The van der Waals surface area contributed by atoms with E-state index in [4.69, 9.17) is 0 Å². The number of nitrogens with one attached hydrogen (secondary N) is 1. The van der Waals surface area contributed by atoms with Gasteiger partial charge in [-0.2, -0.15) is 0 Å². The van der Waals surface area contributed by atoms with Crippen LogP contribution in [0.4, 0.5) is 0 Å². The van der Waals surface area contributed by atoms with Gasteiger partial charge in [-0.15, -0.1) is 11.8 Å². The van der Waals surface area contributed by atoms with Gasteiger partial charge in [0.05, 0.1) is 5.75 Å². The topological polar surface area (TPSA) is 49.4 Å². The van der Waals surface area contributed by atoms with Crippen LogP contribution in [0.1, 0.15) is 48.9 Å². The van der Waals surface area contributed by atoms with E-state index in [1.54, 1.807) is 16.7 Å². The largest absolute Gasteiger partial charge is 0.354 e. The number of thioether (sulfide) groups is 1. The van der Waals surface area contributed by atoms with Gasteiger partial charge in [0.2, 0.25) is 11.8 Å². The predicted molar refractivity (Wildman–Crippen MR) is 126 cm³/mol. The molecule has 2 aromatic carbocycles. The Balaban J connectivity index is 2.03. The maximum absolute atomic E-state index is 13.1. The minimum atomic E-state index is -0.505. The molecule has 0 heterocycles. The minimum absolute atomic E-state index is 0.00763. The second-order valence-electron chi connectivity index (χ2n) is 7.81. The van der Waals surface area contributed by atoms with E-state index in [0.717, 1.165) is 29.7 Å². The van der Waals surface area contributed by atoms with Crippen LogP contribution in [0.25, 0.3) is 0 Å². The smallest absolute Gasteiger partial charge is 0.242 e. The number of nitrogens with zero attached hydrogens (tertiary/aromatic N) is 1. The lowest BCUT2D eigenvalue weighted by Crippen LogP contribution is -2.48. The van der Waals surface area contributed by atoms with Gasteiger partial charge >= 0.3 is 0 Å². The van der Waals surface area contributed by atoms with Gasteiger partial charge in [0.1, 0.15) is 6.04 Å². The average Bonchev–Trinajstić information content (AvgIpc) is 2.73. The van der Waals surface area contributed by atoms with Gasteiger partial charge in [-0.05, 0) is 38.3 Å². The molecule has 0 saturated heterocycles. The average molecular weight is 427 g/mol. The molecule has 162 valence electrons. The Morgan fingerprint density at radius 3 is 2.43 bits per heavy atom. The van der Waals surface area contributed by atoms with Crippen LogP contribution in [0.5, 0.6) is 0 Å². The highest BCUT2D eigenvalue weighted by molar-refractivity contribution is 7.99. The molecule has 0 aliphatic rings. The van der Waals surface area contributed by atoms with Crippen molar-refractivity contribution in [3.05, 3.63) is 70.8 Å². The number of aryl methyl sites for hydroxylation is 2. The Bertz CT molecular complexity index is 820. The molecule has 2 amide bonds. The number of hydrogen-bond donors (Lipinski definition) is 1. The maximum Gasteiger partial charge on any atom is 0.242 e. The van der Waals surface area contributed by atoms with Gasteiger partial charge in [0.25, 0.3) is 0 Å². The number of carbonyl (C=O) groups excluding carboxylic acids is 2. The molecule has 1 atom stereocenters. The first kappa shape index (κ1) is 24.0. The van der Waals surface area contributed by atoms with E-state index < -0.39 is 6.04 Å². The third-order valence-corrected chi connectivity index (χ3v) is 6.04. The Labute approximate surface area is 185 Å². The molecule has 5 heteroatoms. The minimum Gasteiger partial charge on any atom is -0.354 e. The summed E-state index contributed by atoms with van der Waals surface area (Å²) in [7, 11) is 0. The van der Waals surface area contributed by atoms with Gasteiger partial charge in [-0.3, -0.25) is 9.59 Å². The lowest BCUT2D eigenvalue weighted by Gasteiger charge is -2.29. The molecule has 0 aliphatic heterocycles. The zero-order chi connectivity index (χ0) is 21.9. The van der Waals surface area contributed by atoms with Crippen LogP contribution >= 0.6 is 11.8 Å². The zero-order valence-electron chi connectivity index (χ0n) is 18.6. The van der Waals surface area contributed by atoms with E-state index in [2.05, 4.69) is 49.5 Å². The van der Waals surface area contributed by atoms with Crippen LogP contribution in [-0.4, -0.2) is 35.1 Å². The number of benzene rings is 2.